The minimum atomic E-state index is -2.02. The number of allylic oxidation sites excluding steroid dienone is 2. The Hall–Kier alpha value is -0.856. The van der Waals surface area contributed by atoms with E-state index in [-0.39, 0.29) is 5.75 Å². The largest absolute Gasteiger partial charge is 0.507 e. The average Bonchev–Trinajstić information content (AvgIpc) is 2.57. The molecule has 30 heavy (non-hydrogen) atoms. The van der Waals surface area contributed by atoms with Crippen molar-refractivity contribution in [1.29, 1.82) is 0 Å². The molecule has 0 spiro atoms. The molecule has 0 amide bonds. The molecule has 2 unspecified atom stereocenters. The van der Waals surface area contributed by atoms with Crippen molar-refractivity contribution < 1.29 is 9.84 Å². The van der Waals surface area contributed by atoms with Gasteiger partial charge >= 0.3 is 0 Å². The summed E-state index contributed by atoms with van der Waals surface area (Å²) in [6.07, 6.45) is 4.12. The lowest BCUT2D eigenvalue weighted by Gasteiger charge is -2.64. The van der Waals surface area contributed by atoms with Gasteiger partial charge in [0.2, 0.25) is 0 Å². The highest BCUT2D eigenvalue weighted by molar-refractivity contribution is 6.65. The van der Waals surface area contributed by atoms with Crippen LogP contribution in [0.3, 0.4) is 0 Å². The van der Waals surface area contributed by atoms with E-state index in [4.69, 9.17) is 75.4 Å². The number of fused-ring (bicyclic) bond motifs is 3. The molecule has 0 fully saturated rings. The number of aromatic hydroxyl groups is 1. The van der Waals surface area contributed by atoms with Crippen molar-refractivity contribution in [3.05, 3.63) is 34.9 Å². The first-order valence-corrected chi connectivity index (χ1v) is 9.99. The predicted octanol–water partition coefficient (Wildman–Crippen LogP) is 0.633. The number of rotatable bonds is 5. The molecule has 1 aliphatic carbocycles. The monoisotopic (exact) mass is 376 g/mol. The van der Waals surface area contributed by atoms with Crippen LogP contribution in [0.5, 0.6) is 11.5 Å². The molecule has 11 heteroatoms. The third-order valence-corrected chi connectivity index (χ3v) is 6.23. The van der Waals surface area contributed by atoms with Crippen molar-refractivity contribution in [2.75, 3.05) is 0 Å². The Bertz CT molecular complexity index is 835. The molecule has 2 atom stereocenters. The van der Waals surface area contributed by atoms with Gasteiger partial charge in [-0.15, -0.1) is 5.11 Å². The fourth-order valence-corrected chi connectivity index (χ4v) is 4.97. The molecule has 1 N–H and O–H groups in total. The summed E-state index contributed by atoms with van der Waals surface area (Å²) in [4.78, 5) is 0. The van der Waals surface area contributed by atoms with Gasteiger partial charge in [-0.05, 0) is 37.0 Å². The molecule has 3 rings (SSSR count). The van der Waals surface area contributed by atoms with E-state index in [2.05, 4.69) is 0 Å². The van der Waals surface area contributed by atoms with Gasteiger partial charge < -0.3 is 9.84 Å². The van der Waals surface area contributed by atoms with Crippen LogP contribution in [0.15, 0.2) is 23.8 Å². The van der Waals surface area contributed by atoms with E-state index in [0.29, 0.717) is 36.1 Å². The molecule has 1 aromatic rings. The maximum absolute atomic E-state index is 10.9. The Kier molecular flexibility index (Phi) is 6.05. The minimum Gasteiger partial charge on any atom is -0.507 e. The summed E-state index contributed by atoms with van der Waals surface area (Å²) in [5.74, 6) is -0.778. The first kappa shape index (κ1) is 23.8. The molecule has 1 aromatic carbocycles. The van der Waals surface area contributed by atoms with Gasteiger partial charge in [-0.2, -0.15) is 0 Å². The van der Waals surface area contributed by atoms with E-state index in [1.807, 2.05) is 6.92 Å². The highest BCUT2D eigenvalue weighted by Gasteiger charge is 2.60. The fraction of sp³-hybridized carbons (Fsp3) is 0.579. The van der Waals surface area contributed by atoms with Crippen LogP contribution in [0.4, 0.5) is 0 Å². The van der Waals surface area contributed by atoms with Crippen molar-refractivity contribution in [2.24, 2.45) is 5.92 Å². The molecule has 0 bridgehead atoms. The zero-order chi connectivity index (χ0) is 22.7. The van der Waals surface area contributed by atoms with Crippen molar-refractivity contribution in [3.63, 3.8) is 0 Å². The lowest BCUT2D eigenvalue weighted by atomic mass is 9.20. The first-order valence-electron chi connectivity index (χ1n) is 9.99. The van der Waals surface area contributed by atoms with Gasteiger partial charge in [0.1, 0.15) is 11.5 Å². The van der Waals surface area contributed by atoms with Gasteiger partial charge in [-0.25, -0.2) is 0 Å². The Morgan fingerprint density at radius 1 is 1.03 bits per heavy atom. The van der Waals surface area contributed by atoms with Crippen molar-refractivity contribution in [1.82, 2.24) is 0 Å². The van der Waals surface area contributed by atoms with Gasteiger partial charge in [-0.1, -0.05) is 35.2 Å². The topological polar surface area (TPSA) is 29.5 Å². The fourth-order valence-electron chi connectivity index (χ4n) is 4.97. The molecular weight excluding hydrogens is 358 g/mol. The van der Waals surface area contributed by atoms with E-state index < -0.39 is 32.8 Å². The van der Waals surface area contributed by atoms with Crippen LogP contribution in [0.1, 0.15) is 43.2 Å². The summed E-state index contributed by atoms with van der Waals surface area (Å²) in [5, 5.41) is 5.31. The quantitative estimate of drug-likeness (QED) is 0.605. The van der Waals surface area contributed by atoms with E-state index in [1.54, 1.807) is 18.2 Å². The van der Waals surface area contributed by atoms with E-state index >= 15 is 0 Å². The zero-order valence-corrected chi connectivity index (χ0v) is 17.3. The molecule has 0 saturated heterocycles. The van der Waals surface area contributed by atoms with E-state index in [9.17, 15) is 5.11 Å². The van der Waals surface area contributed by atoms with Crippen LogP contribution in [0, 0.1) is 5.92 Å². The maximum Gasteiger partial charge on any atom is 0.127 e. The molecule has 18 radical (unpaired) electrons. The summed E-state index contributed by atoms with van der Waals surface area (Å²) in [5.41, 5.74) is 0.166. The molecule has 0 aromatic heterocycles. The maximum atomic E-state index is 10.9. The highest BCUT2D eigenvalue weighted by Crippen LogP contribution is 2.63. The van der Waals surface area contributed by atoms with Crippen molar-refractivity contribution in [3.8, 4) is 11.5 Å². The third kappa shape index (κ3) is 3.77. The van der Waals surface area contributed by atoms with Gasteiger partial charge in [0.15, 0.2) is 0 Å². The first-order chi connectivity index (χ1) is 13.6. The Labute approximate surface area is 192 Å². The predicted molar refractivity (Wildman–Crippen MR) is 129 cm³/mol. The lowest BCUT2D eigenvalue weighted by molar-refractivity contribution is -0.0212. The number of ether oxygens (including phenoxy) is 1. The van der Waals surface area contributed by atoms with Crippen LogP contribution in [-0.4, -0.2) is 81.3 Å². The standard InChI is InChI=1S/C19H17B9O2/c1-2-3-9-6-13(29)15-11-8-10(17(20,21)22)4-5-12(11)16(18(23,24)25,19(26,27)28)30-14(15)7-9/h6-8,11-12,29H,2-5H2,1H3. The van der Waals surface area contributed by atoms with E-state index in [0.717, 1.165) is 12.0 Å². The highest BCUT2D eigenvalue weighted by atomic mass is 16.5. The zero-order valence-electron chi connectivity index (χ0n) is 17.3. The van der Waals surface area contributed by atoms with Crippen LogP contribution >= 0.6 is 0 Å². The van der Waals surface area contributed by atoms with Gasteiger partial charge in [0, 0.05) is 17.4 Å². The molecule has 2 nitrogen and oxygen atoms in total. The number of hydrogen-bond acceptors (Lipinski definition) is 2. The van der Waals surface area contributed by atoms with Crippen LogP contribution in [0.25, 0.3) is 0 Å². The number of aryl methyl sites for hydroxylation is 1. The number of phenols is 1. The Balaban J connectivity index is 2.33. The van der Waals surface area contributed by atoms with Crippen LogP contribution < -0.4 is 4.74 Å². The van der Waals surface area contributed by atoms with E-state index in [1.165, 1.54) is 0 Å². The Morgan fingerprint density at radius 2 is 1.63 bits per heavy atom. The minimum absolute atomic E-state index is 0.0436. The van der Waals surface area contributed by atoms with Gasteiger partial charge in [0.05, 0.1) is 76.2 Å². The lowest BCUT2D eigenvalue weighted by Crippen LogP contribution is -2.66. The van der Waals surface area contributed by atoms with Crippen molar-refractivity contribution in [2.45, 2.75) is 59.5 Å². The molecule has 0 saturated carbocycles. The molecule has 1 heterocycles. The summed E-state index contributed by atoms with van der Waals surface area (Å²) in [6.45, 7) is 2.02. The average molecular weight is 375 g/mol. The molecule has 2 aliphatic rings. The molecule has 132 valence electrons. The summed E-state index contributed by atoms with van der Waals surface area (Å²) in [7, 11) is 54.9. The third-order valence-electron chi connectivity index (χ3n) is 6.23. The second-order valence-electron chi connectivity index (χ2n) is 8.78. The molecule has 1 aliphatic heterocycles. The number of phenolic OH excluding ortho intramolecular Hbond substituents is 1. The Morgan fingerprint density at radius 3 is 2.13 bits per heavy atom. The van der Waals surface area contributed by atoms with Gasteiger partial charge in [0.25, 0.3) is 0 Å². The summed E-state index contributed by atoms with van der Waals surface area (Å²) < 4.78 is 6.27. The second kappa shape index (κ2) is 7.63. The summed E-state index contributed by atoms with van der Waals surface area (Å²) in [6, 6.07) is 3.48. The number of benzene rings is 1. The molecular formula is C19H17B9O2. The number of hydrogen-bond donors (Lipinski definition) is 1. The summed E-state index contributed by atoms with van der Waals surface area (Å²) >= 11 is 0. The van der Waals surface area contributed by atoms with Gasteiger partial charge in [-0.3, -0.25) is 0 Å². The van der Waals surface area contributed by atoms with Crippen LogP contribution in [0.2, 0.25) is 15.3 Å². The second-order valence-corrected chi connectivity index (χ2v) is 8.78. The van der Waals surface area contributed by atoms with Crippen molar-refractivity contribution >= 4 is 70.6 Å². The smallest absolute Gasteiger partial charge is 0.127 e. The normalized spacial score (nSPS) is 23.6. The van der Waals surface area contributed by atoms with Crippen LogP contribution in [-0.2, 0) is 6.42 Å². The SMILES string of the molecule is [B]C([B])([B])C1=CC2c3c(O)cc(CCC)cc3OC(C([B])([B])[B])(C([B])([B])[B])C2CC1.